The Morgan fingerprint density at radius 3 is 2.64 bits per heavy atom. The molecule has 0 aromatic heterocycles. The molecule has 0 saturated carbocycles. The average molecular weight is 358 g/mol. The highest BCUT2D eigenvalue weighted by atomic mass is 16.6. The fourth-order valence-electron chi connectivity index (χ4n) is 3.77. The van der Waals surface area contributed by atoms with Gasteiger partial charge in [-0.05, 0) is 6.92 Å². The highest BCUT2D eigenvalue weighted by molar-refractivity contribution is 5.70. The molecule has 0 radical (unpaired) electrons. The Balaban J connectivity index is 2.39. The molecule has 2 aliphatic rings. The first-order valence-corrected chi connectivity index (χ1v) is 8.77. The van der Waals surface area contributed by atoms with E-state index >= 15 is 0 Å². The number of ether oxygens (including phenoxy) is 3. The average Bonchev–Trinajstić information content (AvgIpc) is 2.53. The molecule has 2 aliphatic heterocycles. The zero-order chi connectivity index (χ0) is 18.8. The van der Waals surface area contributed by atoms with Crippen molar-refractivity contribution in [1.82, 2.24) is 0 Å². The molecule has 0 aromatic carbocycles. The lowest BCUT2D eigenvalue weighted by molar-refractivity contribution is -0.301. The molecule has 25 heavy (non-hydrogen) atoms. The molecule has 3 N–H and O–H groups in total. The van der Waals surface area contributed by atoms with E-state index in [2.05, 4.69) is 0 Å². The molecular weight excluding hydrogens is 328 g/mol. The molecule has 1 saturated heterocycles. The Hall–Kier alpha value is -0.990. The summed E-state index contributed by atoms with van der Waals surface area (Å²) in [6.45, 7) is 5.37. The largest absolute Gasteiger partial charge is 0.459 e. The summed E-state index contributed by atoms with van der Waals surface area (Å²) in [4.78, 5) is 12.2. The van der Waals surface area contributed by atoms with Crippen molar-refractivity contribution in [1.29, 1.82) is 0 Å². The Labute approximate surface area is 148 Å². The third-order valence-electron chi connectivity index (χ3n) is 5.24. The van der Waals surface area contributed by atoms with E-state index in [0.717, 1.165) is 5.57 Å². The molecule has 0 amide bonds. The number of rotatable bonds is 2. The van der Waals surface area contributed by atoms with Crippen LogP contribution >= 0.6 is 0 Å². The summed E-state index contributed by atoms with van der Waals surface area (Å²) in [6.07, 6.45) is -0.434. The van der Waals surface area contributed by atoms with Gasteiger partial charge in [-0.2, -0.15) is 0 Å². The van der Waals surface area contributed by atoms with Crippen LogP contribution in [-0.4, -0.2) is 65.2 Å². The number of aliphatic hydroxyl groups excluding tert-OH is 2. The van der Waals surface area contributed by atoms with Crippen molar-refractivity contribution in [3.05, 3.63) is 11.6 Å². The molecule has 7 atom stereocenters. The Bertz CT molecular complexity index is 506. The van der Waals surface area contributed by atoms with Gasteiger partial charge < -0.3 is 29.5 Å². The molecule has 1 fully saturated rings. The Morgan fingerprint density at radius 2 is 2.04 bits per heavy atom. The van der Waals surface area contributed by atoms with Crippen molar-refractivity contribution in [2.45, 2.75) is 70.2 Å². The van der Waals surface area contributed by atoms with Crippen LogP contribution in [0.4, 0.5) is 0 Å². The fourth-order valence-corrected chi connectivity index (χ4v) is 3.77. The Kier molecular flexibility index (Phi) is 6.62. The zero-order valence-corrected chi connectivity index (χ0v) is 15.3. The second-order valence-electron chi connectivity index (χ2n) is 7.41. The summed E-state index contributed by atoms with van der Waals surface area (Å²) in [5.41, 5.74) is 0.922. The third-order valence-corrected chi connectivity index (χ3v) is 5.24. The van der Waals surface area contributed by atoms with Gasteiger partial charge in [0.05, 0.1) is 31.3 Å². The molecule has 2 rings (SSSR count). The van der Waals surface area contributed by atoms with Crippen molar-refractivity contribution in [3.63, 3.8) is 0 Å². The summed E-state index contributed by atoms with van der Waals surface area (Å²) in [7, 11) is 1.59. The molecule has 2 bridgehead atoms. The summed E-state index contributed by atoms with van der Waals surface area (Å²) in [6, 6.07) is 0. The van der Waals surface area contributed by atoms with Gasteiger partial charge >= 0.3 is 5.97 Å². The molecule has 2 heterocycles. The van der Waals surface area contributed by atoms with Crippen LogP contribution in [0.1, 0.15) is 40.0 Å². The second-order valence-corrected chi connectivity index (χ2v) is 7.41. The topological polar surface area (TPSA) is 105 Å². The maximum atomic E-state index is 12.2. The number of hydrogen-bond donors (Lipinski definition) is 3. The quantitative estimate of drug-likeness (QED) is 0.494. The number of fused-ring (bicyclic) bond motifs is 2. The number of carbonyl (C=O) groups is 1. The van der Waals surface area contributed by atoms with E-state index in [1.54, 1.807) is 7.11 Å². The lowest BCUT2D eigenvalue weighted by atomic mass is 9.80. The van der Waals surface area contributed by atoms with Gasteiger partial charge in [-0.1, -0.05) is 25.5 Å². The van der Waals surface area contributed by atoms with E-state index in [1.807, 2.05) is 26.8 Å². The van der Waals surface area contributed by atoms with Crippen LogP contribution in [-0.2, 0) is 19.0 Å². The van der Waals surface area contributed by atoms with Gasteiger partial charge in [0.15, 0.2) is 5.79 Å². The fraction of sp³-hybridized carbons (Fsp3) is 0.833. The van der Waals surface area contributed by atoms with Gasteiger partial charge in [0, 0.05) is 31.8 Å². The van der Waals surface area contributed by atoms with Crippen LogP contribution in [0.5, 0.6) is 0 Å². The van der Waals surface area contributed by atoms with Crippen molar-refractivity contribution in [3.8, 4) is 0 Å². The number of cyclic esters (lactones) is 1. The summed E-state index contributed by atoms with van der Waals surface area (Å²) in [5.74, 6) is -2.82. The second kappa shape index (κ2) is 8.14. The van der Waals surface area contributed by atoms with Crippen LogP contribution in [0.3, 0.4) is 0 Å². The van der Waals surface area contributed by atoms with Crippen molar-refractivity contribution in [2.75, 3.05) is 13.7 Å². The first-order valence-electron chi connectivity index (χ1n) is 8.77. The summed E-state index contributed by atoms with van der Waals surface area (Å²) >= 11 is 0. The monoisotopic (exact) mass is 358 g/mol. The Morgan fingerprint density at radius 1 is 1.36 bits per heavy atom. The van der Waals surface area contributed by atoms with E-state index < -0.39 is 36.5 Å². The SMILES string of the molecule is CO[C@@H]1/C=C(\C)C[C@H](CO)OC(=O)C[C@]2(O)C[C@H](O)[C@@H](C)[C@@H](O2)[C@@H]1C. The standard InChI is InChI=1S/C18H30O7/c1-10-5-13(9-19)24-16(21)8-18(22)7-14(20)11(2)17(25-18)12(3)15(6-10)23-4/h6,11-15,17,19-20,22H,5,7-9H2,1-4H3/b10-6+/t11-,12-,13-,14+,15-,17-,18+/m1/s1. The molecular formula is C18H30O7. The summed E-state index contributed by atoms with van der Waals surface area (Å²) in [5, 5.41) is 30.6. The normalized spacial score (nSPS) is 45.6. The van der Waals surface area contributed by atoms with Gasteiger partial charge in [-0.3, -0.25) is 4.79 Å². The number of esters is 1. The van der Waals surface area contributed by atoms with E-state index in [4.69, 9.17) is 14.2 Å². The van der Waals surface area contributed by atoms with E-state index in [0.29, 0.717) is 6.42 Å². The lowest BCUT2D eigenvalue weighted by Gasteiger charge is -2.46. The maximum Gasteiger partial charge on any atom is 0.311 e. The van der Waals surface area contributed by atoms with E-state index in [9.17, 15) is 20.1 Å². The van der Waals surface area contributed by atoms with Gasteiger partial charge in [-0.15, -0.1) is 0 Å². The molecule has 7 nitrogen and oxygen atoms in total. The van der Waals surface area contributed by atoms with E-state index in [1.165, 1.54) is 0 Å². The van der Waals surface area contributed by atoms with Gasteiger partial charge in [-0.25, -0.2) is 0 Å². The van der Waals surface area contributed by atoms with Gasteiger partial charge in [0.1, 0.15) is 6.10 Å². The highest BCUT2D eigenvalue weighted by Gasteiger charge is 2.48. The zero-order valence-electron chi connectivity index (χ0n) is 15.3. The van der Waals surface area contributed by atoms with Crippen molar-refractivity contribution < 1.29 is 34.3 Å². The van der Waals surface area contributed by atoms with Gasteiger partial charge in [0.25, 0.3) is 0 Å². The number of methoxy groups -OCH3 is 1. The minimum absolute atomic E-state index is 0.0667. The predicted molar refractivity (Wildman–Crippen MR) is 89.5 cm³/mol. The van der Waals surface area contributed by atoms with E-state index in [-0.39, 0.29) is 31.0 Å². The summed E-state index contributed by atoms with van der Waals surface area (Å²) < 4.78 is 16.7. The third kappa shape index (κ3) is 4.80. The molecule has 0 aliphatic carbocycles. The molecule has 0 unspecified atom stereocenters. The number of aliphatic hydroxyl groups is 3. The molecule has 7 heteroatoms. The number of hydrogen-bond acceptors (Lipinski definition) is 7. The minimum atomic E-state index is -1.79. The molecule has 0 spiro atoms. The highest BCUT2D eigenvalue weighted by Crippen LogP contribution is 2.38. The minimum Gasteiger partial charge on any atom is -0.459 e. The first kappa shape index (κ1) is 20.3. The molecule has 0 aromatic rings. The van der Waals surface area contributed by atoms with Gasteiger partial charge in [0.2, 0.25) is 0 Å². The first-order chi connectivity index (χ1) is 11.7. The van der Waals surface area contributed by atoms with Crippen LogP contribution in [0.25, 0.3) is 0 Å². The lowest BCUT2D eigenvalue weighted by Crippen LogP contribution is -2.55. The maximum absolute atomic E-state index is 12.2. The van der Waals surface area contributed by atoms with Crippen molar-refractivity contribution >= 4 is 5.97 Å². The predicted octanol–water partition coefficient (Wildman–Crippen LogP) is 0.756. The van der Waals surface area contributed by atoms with Crippen LogP contribution in [0.2, 0.25) is 0 Å². The molecule has 144 valence electrons. The van der Waals surface area contributed by atoms with Crippen LogP contribution in [0, 0.1) is 11.8 Å². The van der Waals surface area contributed by atoms with Crippen LogP contribution < -0.4 is 0 Å². The number of carbonyl (C=O) groups excluding carboxylic acids is 1. The van der Waals surface area contributed by atoms with Crippen LogP contribution in [0.15, 0.2) is 11.6 Å². The smallest absolute Gasteiger partial charge is 0.311 e. The van der Waals surface area contributed by atoms with Crippen molar-refractivity contribution in [2.24, 2.45) is 11.8 Å².